The molecule has 0 bridgehead atoms. The van der Waals surface area contributed by atoms with Crippen molar-refractivity contribution in [1.82, 2.24) is 5.32 Å². The van der Waals surface area contributed by atoms with Crippen molar-refractivity contribution < 1.29 is 4.79 Å². The molecule has 0 unspecified atom stereocenters. The van der Waals surface area contributed by atoms with Gasteiger partial charge in [-0.3, -0.25) is 4.79 Å². The Morgan fingerprint density at radius 1 is 1.38 bits per heavy atom. The number of carbonyl (C=O) groups excluding carboxylic acids is 1. The van der Waals surface area contributed by atoms with Gasteiger partial charge < -0.3 is 16.0 Å². The van der Waals surface area contributed by atoms with E-state index >= 15 is 0 Å². The summed E-state index contributed by atoms with van der Waals surface area (Å²) in [5, 5.41) is 2.60. The third-order valence-corrected chi connectivity index (χ3v) is 2.98. The smallest absolute Gasteiger partial charge is 0.253 e. The molecule has 1 aliphatic heterocycles. The summed E-state index contributed by atoms with van der Waals surface area (Å²) in [6.07, 6.45) is 2.44. The molecule has 1 aliphatic rings. The van der Waals surface area contributed by atoms with E-state index in [0.29, 0.717) is 11.3 Å². The number of carbonyl (C=O) groups is 1. The highest BCUT2D eigenvalue weighted by Crippen LogP contribution is 2.24. The molecule has 0 spiro atoms. The van der Waals surface area contributed by atoms with Crippen LogP contribution in [0.5, 0.6) is 0 Å². The van der Waals surface area contributed by atoms with Crippen LogP contribution in [0.15, 0.2) is 18.2 Å². The lowest BCUT2D eigenvalue weighted by atomic mass is 10.1. The lowest BCUT2D eigenvalue weighted by Gasteiger charge is -2.18. The predicted molar refractivity (Wildman–Crippen MR) is 65.7 cm³/mol. The molecule has 1 heterocycles. The molecule has 2 rings (SSSR count). The van der Waals surface area contributed by atoms with E-state index in [-0.39, 0.29) is 5.91 Å². The van der Waals surface area contributed by atoms with Crippen molar-refractivity contribution in [2.45, 2.75) is 12.8 Å². The van der Waals surface area contributed by atoms with Crippen molar-refractivity contribution in [3.63, 3.8) is 0 Å². The van der Waals surface area contributed by atoms with Crippen LogP contribution in [-0.2, 0) is 0 Å². The molecule has 4 heteroatoms. The fourth-order valence-corrected chi connectivity index (χ4v) is 2.05. The second-order valence-corrected chi connectivity index (χ2v) is 4.04. The molecule has 0 atom stereocenters. The Balaban J connectivity index is 2.30. The van der Waals surface area contributed by atoms with Crippen LogP contribution in [0.3, 0.4) is 0 Å². The normalized spacial score (nSPS) is 15.2. The lowest BCUT2D eigenvalue weighted by molar-refractivity contribution is 0.0964. The Kier molecular flexibility index (Phi) is 2.99. The number of amides is 1. The Bertz CT molecular complexity index is 397. The molecule has 0 radical (unpaired) electrons. The van der Waals surface area contributed by atoms with E-state index in [0.717, 1.165) is 18.8 Å². The molecule has 0 aromatic heterocycles. The van der Waals surface area contributed by atoms with E-state index in [1.165, 1.54) is 12.8 Å². The summed E-state index contributed by atoms with van der Waals surface area (Å²) >= 11 is 0. The fourth-order valence-electron chi connectivity index (χ4n) is 2.05. The highest BCUT2D eigenvalue weighted by atomic mass is 16.1. The van der Waals surface area contributed by atoms with Crippen LogP contribution in [0.1, 0.15) is 23.2 Å². The Morgan fingerprint density at radius 3 is 2.69 bits per heavy atom. The van der Waals surface area contributed by atoms with Crippen LogP contribution in [0.2, 0.25) is 0 Å². The highest BCUT2D eigenvalue weighted by molar-refractivity contribution is 6.00. The summed E-state index contributed by atoms with van der Waals surface area (Å²) in [5.74, 6) is -0.126. The van der Waals surface area contributed by atoms with E-state index in [1.54, 1.807) is 13.1 Å². The maximum atomic E-state index is 11.6. The SMILES string of the molecule is CNC(=O)c1cc(N2CCCC2)ccc1N. The molecule has 1 saturated heterocycles. The molecule has 3 N–H and O–H groups in total. The van der Waals surface area contributed by atoms with Crippen LogP contribution >= 0.6 is 0 Å². The highest BCUT2D eigenvalue weighted by Gasteiger charge is 2.15. The van der Waals surface area contributed by atoms with Gasteiger partial charge >= 0.3 is 0 Å². The monoisotopic (exact) mass is 219 g/mol. The zero-order chi connectivity index (χ0) is 11.5. The van der Waals surface area contributed by atoms with Crippen molar-refractivity contribution in [2.24, 2.45) is 0 Å². The van der Waals surface area contributed by atoms with Crippen LogP contribution < -0.4 is 16.0 Å². The van der Waals surface area contributed by atoms with Gasteiger partial charge in [-0.25, -0.2) is 0 Å². The van der Waals surface area contributed by atoms with Gasteiger partial charge in [0.2, 0.25) is 0 Å². The van der Waals surface area contributed by atoms with Gasteiger partial charge in [0, 0.05) is 31.5 Å². The van der Waals surface area contributed by atoms with Gasteiger partial charge in [-0.05, 0) is 31.0 Å². The first-order valence-electron chi connectivity index (χ1n) is 5.59. The van der Waals surface area contributed by atoms with Gasteiger partial charge in [-0.15, -0.1) is 0 Å². The van der Waals surface area contributed by atoms with Crippen LogP contribution in [0.25, 0.3) is 0 Å². The minimum Gasteiger partial charge on any atom is -0.398 e. The molecule has 1 amide bonds. The predicted octanol–water partition coefficient (Wildman–Crippen LogP) is 1.23. The first-order chi connectivity index (χ1) is 7.72. The summed E-state index contributed by atoms with van der Waals surface area (Å²) in [6.45, 7) is 2.13. The number of anilines is 2. The third-order valence-electron chi connectivity index (χ3n) is 2.98. The van der Waals surface area contributed by atoms with Crippen molar-refractivity contribution in [3.8, 4) is 0 Å². The summed E-state index contributed by atoms with van der Waals surface area (Å²) in [6, 6.07) is 5.66. The van der Waals surface area contributed by atoms with Crippen LogP contribution in [0, 0.1) is 0 Å². The molecule has 16 heavy (non-hydrogen) atoms. The molecule has 1 aromatic carbocycles. The van der Waals surface area contributed by atoms with Gasteiger partial charge in [0.1, 0.15) is 0 Å². The molecule has 86 valence electrons. The number of nitrogen functional groups attached to an aromatic ring is 1. The summed E-state index contributed by atoms with van der Waals surface area (Å²) in [5.41, 5.74) is 7.97. The molecule has 1 fully saturated rings. The van der Waals surface area contributed by atoms with Gasteiger partial charge in [0.15, 0.2) is 0 Å². The minimum atomic E-state index is -0.126. The zero-order valence-corrected chi connectivity index (χ0v) is 9.49. The Labute approximate surface area is 95.4 Å². The third kappa shape index (κ3) is 1.96. The van der Waals surface area contributed by atoms with E-state index in [2.05, 4.69) is 10.2 Å². The number of rotatable bonds is 2. The number of nitrogens with two attached hydrogens (primary N) is 1. The quantitative estimate of drug-likeness (QED) is 0.735. The largest absolute Gasteiger partial charge is 0.398 e. The second-order valence-electron chi connectivity index (χ2n) is 4.04. The van der Waals surface area contributed by atoms with Crippen LogP contribution in [0.4, 0.5) is 11.4 Å². The number of hydrogen-bond acceptors (Lipinski definition) is 3. The average molecular weight is 219 g/mol. The van der Waals surface area contributed by atoms with Crippen LogP contribution in [-0.4, -0.2) is 26.0 Å². The molecule has 1 aromatic rings. The first-order valence-corrected chi connectivity index (χ1v) is 5.59. The molecule has 0 saturated carbocycles. The molecular formula is C12H17N3O. The topological polar surface area (TPSA) is 58.4 Å². The van der Waals surface area contributed by atoms with Gasteiger partial charge in [0.05, 0.1) is 5.56 Å². The van der Waals surface area contributed by atoms with Crippen molar-refractivity contribution in [3.05, 3.63) is 23.8 Å². The summed E-state index contributed by atoms with van der Waals surface area (Å²) in [7, 11) is 1.62. The van der Waals surface area contributed by atoms with E-state index in [1.807, 2.05) is 12.1 Å². The number of benzene rings is 1. The first kappa shape index (κ1) is 10.8. The lowest BCUT2D eigenvalue weighted by Crippen LogP contribution is -2.22. The van der Waals surface area contributed by atoms with Gasteiger partial charge in [0.25, 0.3) is 5.91 Å². The maximum absolute atomic E-state index is 11.6. The maximum Gasteiger partial charge on any atom is 0.253 e. The summed E-state index contributed by atoms with van der Waals surface area (Å²) < 4.78 is 0. The van der Waals surface area contributed by atoms with E-state index in [4.69, 9.17) is 5.73 Å². The van der Waals surface area contributed by atoms with Gasteiger partial charge in [-0.2, -0.15) is 0 Å². The van der Waals surface area contributed by atoms with E-state index < -0.39 is 0 Å². The molecule has 0 aliphatic carbocycles. The fraction of sp³-hybridized carbons (Fsp3) is 0.417. The standard InChI is InChI=1S/C12H17N3O/c1-14-12(16)10-8-9(4-5-11(10)13)15-6-2-3-7-15/h4-5,8H,2-3,6-7,13H2,1H3,(H,14,16). The van der Waals surface area contributed by atoms with E-state index in [9.17, 15) is 4.79 Å². The minimum absolute atomic E-state index is 0.126. The second kappa shape index (κ2) is 4.43. The number of nitrogens with zero attached hydrogens (tertiary/aromatic N) is 1. The van der Waals surface area contributed by atoms with Crippen molar-refractivity contribution in [2.75, 3.05) is 30.8 Å². The Morgan fingerprint density at radius 2 is 2.06 bits per heavy atom. The average Bonchev–Trinajstić information content (AvgIpc) is 2.82. The van der Waals surface area contributed by atoms with Crippen molar-refractivity contribution in [1.29, 1.82) is 0 Å². The number of hydrogen-bond donors (Lipinski definition) is 2. The molecule has 4 nitrogen and oxygen atoms in total. The van der Waals surface area contributed by atoms with Gasteiger partial charge in [-0.1, -0.05) is 0 Å². The zero-order valence-electron chi connectivity index (χ0n) is 9.49. The molecular weight excluding hydrogens is 202 g/mol. The van der Waals surface area contributed by atoms with Crippen molar-refractivity contribution >= 4 is 17.3 Å². The Hall–Kier alpha value is -1.71. The summed E-state index contributed by atoms with van der Waals surface area (Å²) in [4.78, 5) is 13.9. The number of nitrogens with one attached hydrogen (secondary N) is 1.